The largest absolute Gasteiger partial charge is 0.482 e. The standard InChI is InChI=1S/C13H15ClN2O5S/c1-8-6-20-3-2-16(8)22(18,19)12-5-11-10(4-9(12)14)15-13(17)7-21-11/h4-5,8H,2-3,6-7H2,1H3,(H,15,17)/t8-/m0/s1. The van der Waals surface area contributed by atoms with E-state index in [0.29, 0.717) is 24.7 Å². The Hall–Kier alpha value is -1.35. The van der Waals surface area contributed by atoms with E-state index in [2.05, 4.69) is 5.32 Å². The molecule has 1 amide bonds. The molecule has 0 bridgehead atoms. The van der Waals surface area contributed by atoms with Crippen LogP contribution in [0.1, 0.15) is 6.92 Å². The molecule has 1 atom stereocenters. The van der Waals surface area contributed by atoms with Gasteiger partial charge in [-0.2, -0.15) is 4.31 Å². The van der Waals surface area contributed by atoms with Gasteiger partial charge in [0.1, 0.15) is 10.6 Å². The molecule has 1 saturated heterocycles. The number of rotatable bonds is 2. The number of halogens is 1. The van der Waals surface area contributed by atoms with Crippen molar-refractivity contribution in [2.75, 3.05) is 31.7 Å². The van der Waals surface area contributed by atoms with E-state index in [4.69, 9.17) is 21.1 Å². The number of fused-ring (bicyclic) bond motifs is 1. The van der Waals surface area contributed by atoms with Crippen LogP contribution in [0.2, 0.25) is 5.02 Å². The van der Waals surface area contributed by atoms with E-state index >= 15 is 0 Å². The highest BCUT2D eigenvalue weighted by atomic mass is 35.5. The van der Waals surface area contributed by atoms with E-state index in [9.17, 15) is 13.2 Å². The second kappa shape index (κ2) is 5.69. The van der Waals surface area contributed by atoms with Gasteiger partial charge < -0.3 is 14.8 Å². The number of nitrogens with one attached hydrogen (secondary N) is 1. The van der Waals surface area contributed by atoms with Gasteiger partial charge in [-0.1, -0.05) is 11.6 Å². The second-order valence-corrected chi connectivity index (χ2v) is 7.42. The number of carbonyl (C=O) groups is 1. The molecular weight excluding hydrogens is 332 g/mol. The summed E-state index contributed by atoms with van der Waals surface area (Å²) in [6.45, 7) is 2.59. The molecule has 120 valence electrons. The molecule has 0 radical (unpaired) electrons. The van der Waals surface area contributed by atoms with Crippen LogP contribution < -0.4 is 10.1 Å². The fourth-order valence-electron chi connectivity index (χ4n) is 2.47. The molecule has 2 aliphatic heterocycles. The zero-order valence-corrected chi connectivity index (χ0v) is 13.4. The van der Waals surface area contributed by atoms with Crippen LogP contribution in [0.3, 0.4) is 0 Å². The van der Waals surface area contributed by atoms with Crippen molar-refractivity contribution in [3.63, 3.8) is 0 Å². The predicted molar refractivity (Wildman–Crippen MR) is 79.7 cm³/mol. The van der Waals surface area contributed by atoms with Gasteiger partial charge >= 0.3 is 0 Å². The van der Waals surface area contributed by atoms with Crippen LogP contribution in [0.4, 0.5) is 5.69 Å². The minimum Gasteiger partial charge on any atom is -0.482 e. The van der Waals surface area contributed by atoms with Gasteiger partial charge in [-0.3, -0.25) is 4.79 Å². The number of carbonyl (C=O) groups excluding carboxylic acids is 1. The van der Waals surface area contributed by atoms with Crippen molar-refractivity contribution >= 4 is 33.2 Å². The Balaban J connectivity index is 2.02. The number of nitrogens with zero attached hydrogens (tertiary/aromatic N) is 1. The number of ether oxygens (including phenoxy) is 2. The second-order valence-electron chi connectivity index (χ2n) is 5.16. The molecule has 0 aliphatic carbocycles. The lowest BCUT2D eigenvalue weighted by Crippen LogP contribution is -2.47. The SMILES string of the molecule is C[C@H]1COCCN1S(=O)(=O)c1cc2c(cc1Cl)NC(=O)CO2. The average Bonchev–Trinajstić information content (AvgIpc) is 2.46. The molecular formula is C13H15ClN2O5S. The smallest absolute Gasteiger partial charge is 0.262 e. The summed E-state index contributed by atoms with van der Waals surface area (Å²) < 4.78 is 37.5. The van der Waals surface area contributed by atoms with Crippen molar-refractivity contribution in [3.05, 3.63) is 17.2 Å². The minimum atomic E-state index is -3.76. The fourth-order valence-corrected chi connectivity index (χ4v) is 4.59. The zero-order valence-electron chi connectivity index (χ0n) is 11.8. The van der Waals surface area contributed by atoms with Gasteiger partial charge in [-0.15, -0.1) is 0 Å². The van der Waals surface area contributed by atoms with Crippen LogP contribution in [0.25, 0.3) is 0 Å². The first-order valence-electron chi connectivity index (χ1n) is 6.75. The van der Waals surface area contributed by atoms with Gasteiger partial charge in [0, 0.05) is 18.7 Å². The third kappa shape index (κ3) is 2.67. The molecule has 1 fully saturated rings. The maximum absolute atomic E-state index is 12.8. The quantitative estimate of drug-likeness (QED) is 0.866. The van der Waals surface area contributed by atoms with Crippen molar-refractivity contribution < 1.29 is 22.7 Å². The van der Waals surface area contributed by atoms with E-state index in [1.165, 1.54) is 16.4 Å². The lowest BCUT2D eigenvalue weighted by Gasteiger charge is -2.32. The van der Waals surface area contributed by atoms with Crippen molar-refractivity contribution in [2.24, 2.45) is 0 Å². The molecule has 1 aromatic rings. The first kappa shape index (κ1) is 15.5. The van der Waals surface area contributed by atoms with Gasteiger partial charge in [0.25, 0.3) is 5.91 Å². The molecule has 0 aromatic heterocycles. The molecule has 2 aliphatic rings. The monoisotopic (exact) mass is 346 g/mol. The van der Waals surface area contributed by atoms with Gasteiger partial charge in [0.2, 0.25) is 10.0 Å². The van der Waals surface area contributed by atoms with Crippen LogP contribution in [-0.2, 0) is 19.6 Å². The highest BCUT2D eigenvalue weighted by Crippen LogP contribution is 2.37. The van der Waals surface area contributed by atoms with Crippen molar-refractivity contribution in [1.29, 1.82) is 0 Å². The van der Waals surface area contributed by atoms with Crippen LogP contribution in [0.15, 0.2) is 17.0 Å². The number of hydrogen-bond donors (Lipinski definition) is 1. The van der Waals surface area contributed by atoms with Crippen molar-refractivity contribution in [1.82, 2.24) is 4.31 Å². The number of sulfonamides is 1. The molecule has 0 unspecified atom stereocenters. The maximum Gasteiger partial charge on any atom is 0.262 e. The van der Waals surface area contributed by atoms with Crippen molar-refractivity contribution in [2.45, 2.75) is 17.9 Å². The van der Waals surface area contributed by atoms with Gasteiger partial charge in [-0.25, -0.2) is 8.42 Å². The number of morpholine rings is 1. The van der Waals surface area contributed by atoms with Crippen LogP contribution >= 0.6 is 11.6 Å². The number of hydrogen-bond acceptors (Lipinski definition) is 5. The Kier molecular flexibility index (Phi) is 4.02. The molecule has 3 rings (SSSR count). The van der Waals surface area contributed by atoms with Gasteiger partial charge in [0.15, 0.2) is 6.61 Å². The number of anilines is 1. The highest BCUT2D eigenvalue weighted by Gasteiger charge is 2.34. The molecule has 0 saturated carbocycles. The molecule has 22 heavy (non-hydrogen) atoms. The van der Waals surface area contributed by atoms with Crippen LogP contribution in [0, 0.1) is 0 Å². The fraction of sp³-hybridized carbons (Fsp3) is 0.462. The highest BCUT2D eigenvalue weighted by molar-refractivity contribution is 7.89. The molecule has 1 N–H and O–H groups in total. The predicted octanol–water partition coefficient (Wildman–Crippen LogP) is 1.08. The molecule has 9 heteroatoms. The number of benzene rings is 1. The van der Waals surface area contributed by atoms with E-state index < -0.39 is 10.0 Å². The number of amides is 1. The third-order valence-electron chi connectivity index (χ3n) is 3.56. The van der Waals surface area contributed by atoms with E-state index in [1.54, 1.807) is 6.92 Å². The summed E-state index contributed by atoms with van der Waals surface area (Å²) in [6.07, 6.45) is 0. The summed E-state index contributed by atoms with van der Waals surface area (Å²) >= 11 is 6.12. The zero-order chi connectivity index (χ0) is 15.9. The van der Waals surface area contributed by atoms with E-state index in [0.717, 1.165) is 0 Å². The Labute approximate surface area is 133 Å². The molecule has 0 spiro atoms. The molecule has 1 aromatic carbocycles. The van der Waals surface area contributed by atoms with Crippen molar-refractivity contribution in [3.8, 4) is 5.75 Å². The Morgan fingerprint density at radius 3 is 2.91 bits per heavy atom. The molecule has 2 heterocycles. The normalized spacial score (nSPS) is 22.6. The average molecular weight is 347 g/mol. The summed E-state index contributed by atoms with van der Waals surface area (Å²) in [5.41, 5.74) is 0.371. The maximum atomic E-state index is 12.8. The first-order valence-corrected chi connectivity index (χ1v) is 8.57. The third-order valence-corrected chi connectivity index (χ3v) is 6.04. The topological polar surface area (TPSA) is 84.9 Å². The first-order chi connectivity index (χ1) is 10.4. The van der Waals surface area contributed by atoms with Crippen LogP contribution in [0.5, 0.6) is 5.75 Å². The Morgan fingerprint density at radius 1 is 1.41 bits per heavy atom. The van der Waals surface area contributed by atoms with E-state index in [-0.39, 0.29) is 35.0 Å². The summed E-state index contributed by atoms with van der Waals surface area (Å²) in [4.78, 5) is 11.3. The lowest BCUT2D eigenvalue weighted by molar-refractivity contribution is -0.118. The van der Waals surface area contributed by atoms with E-state index in [1.807, 2.05) is 0 Å². The summed E-state index contributed by atoms with van der Waals surface area (Å²) in [6, 6.07) is 2.48. The Morgan fingerprint density at radius 2 is 2.18 bits per heavy atom. The van der Waals surface area contributed by atoms with Gasteiger partial charge in [0.05, 0.1) is 23.9 Å². The Bertz CT molecular complexity index is 721. The minimum absolute atomic E-state index is 0.0298. The summed E-state index contributed by atoms with van der Waals surface area (Å²) in [5.74, 6) is -0.00976. The lowest BCUT2D eigenvalue weighted by atomic mass is 10.2. The van der Waals surface area contributed by atoms with Crippen LogP contribution in [-0.4, -0.2) is 51.0 Å². The summed E-state index contributed by atoms with van der Waals surface area (Å²) in [5, 5.41) is 2.64. The summed E-state index contributed by atoms with van der Waals surface area (Å²) in [7, 11) is -3.76. The van der Waals surface area contributed by atoms with Gasteiger partial charge in [-0.05, 0) is 13.0 Å². The molecule has 7 nitrogen and oxygen atoms in total.